The summed E-state index contributed by atoms with van der Waals surface area (Å²) in [6.45, 7) is 0. The summed E-state index contributed by atoms with van der Waals surface area (Å²) in [4.78, 5) is 2.36. The van der Waals surface area contributed by atoms with E-state index >= 15 is 0 Å². The minimum absolute atomic E-state index is 0.897. The van der Waals surface area contributed by atoms with Crippen molar-refractivity contribution in [2.75, 3.05) is 4.90 Å². The van der Waals surface area contributed by atoms with Gasteiger partial charge in [0, 0.05) is 38.6 Å². The number of rotatable bonds is 7. The highest BCUT2D eigenvalue weighted by molar-refractivity contribution is 6.13. The van der Waals surface area contributed by atoms with E-state index in [1.165, 1.54) is 54.9 Å². The second kappa shape index (κ2) is 14.3. The zero-order valence-corrected chi connectivity index (χ0v) is 33.2. The molecule has 0 aliphatic heterocycles. The van der Waals surface area contributed by atoms with Gasteiger partial charge in [0.2, 0.25) is 0 Å². The molecule has 0 N–H and O–H groups in total. The van der Waals surface area contributed by atoms with Gasteiger partial charge in [-0.1, -0.05) is 158 Å². The number of hydrogen-bond acceptors (Lipinski definition) is 2. The molecular formula is C58H38N2O. The van der Waals surface area contributed by atoms with Crippen LogP contribution >= 0.6 is 0 Å². The van der Waals surface area contributed by atoms with Crippen LogP contribution in [0.4, 0.5) is 17.1 Å². The molecular weight excluding hydrogens is 741 g/mol. The van der Waals surface area contributed by atoms with Gasteiger partial charge in [-0.05, 0) is 117 Å². The quantitative estimate of drug-likeness (QED) is 0.161. The zero-order valence-electron chi connectivity index (χ0n) is 33.2. The van der Waals surface area contributed by atoms with E-state index in [4.69, 9.17) is 4.42 Å². The Hall–Kier alpha value is -8.14. The van der Waals surface area contributed by atoms with Crippen LogP contribution in [0.25, 0.3) is 93.6 Å². The molecule has 0 unspecified atom stereocenters. The summed E-state index contributed by atoms with van der Waals surface area (Å²) in [6.07, 6.45) is 0. The maximum absolute atomic E-state index is 6.54. The maximum atomic E-state index is 6.54. The van der Waals surface area contributed by atoms with Gasteiger partial charge < -0.3 is 13.9 Å². The number of anilines is 3. The lowest BCUT2D eigenvalue weighted by Crippen LogP contribution is -2.09. The van der Waals surface area contributed by atoms with Crippen LogP contribution in [0.15, 0.2) is 235 Å². The van der Waals surface area contributed by atoms with E-state index in [1.807, 2.05) is 12.1 Å². The SMILES string of the molecule is c1ccc(-c2ccc(N(c3ccc(-c4ccccc4)cc3)c3ccc4ccc(-c5ccc6c(c5)c5ccccc5n6-c5cccc6c5oc5ccccc56)cc4c3)cc2)cc1. The molecule has 3 heteroatoms. The van der Waals surface area contributed by atoms with Crippen LogP contribution in [0.2, 0.25) is 0 Å². The highest BCUT2D eigenvalue weighted by Crippen LogP contribution is 2.41. The molecule has 0 bridgehead atoms. The Morgan fingerprint density at radius 2 is 0.836 bits per heavy atom. The molecule has 0 saturated carbocycles. The van der Waals surface area contributed by atoms with Crippen LogP contribution in [-0.4, -0.2) is 4.57 Å². The van der Waals surface area contributed by atoms with E-state index in [2.05, 4.69) is 228 Å². The zero-order chi connectivity index (χ0) is 40.3. The maximum Gasteiger partial charge on any atom is 0.159 e. The third-order valence-electron chi connectivity index (χ3n) is 12.2. The lowest BCUT2D eigenvalue weighted by Gasteiger charge is -2.26. The Kier molecular flexibility index (Phi) is 8.17. The van der Waals surface area contributed by atoms with Crippen molar-refractivity contribution in [1.29, 1.82) is 0 Å². The molecule has 61 heavy (non-hydrogen) atoms. The average molecular weight is 779 g/mol. The molecule has 2 heterocycles. The van der Waals surface area contributed by atoms with E-state index < -0.39 is 0 Å². The number of benzene rings is 10. The molecule has 0 saturated heterocycles. The normalized spacial score (nSPS) is 11.6. The van der Waals surface area contributed by atoms with Crippen molar-refractivity contribution in [2.24, 2.45) is 0 Å². The van der Waals surface area contributed by atoms with Gasteiger partial charge in [-0.2, -0.15) is 0 Å². The Morgan fingerprint density at radius 3 is 1.56 bits per heavy atom. The van der Waals surface area contributed by atoms with Crippen molar-refractivity contribution in [3.8, 4) is 39.1 Å². The van der Waals surface area contributed by atoms with Gasteiger partial charge in [0.15, 0.2) is 5.58 Å². The van der Waals surface area contributed by atoms with Gasteiger partial charge in [-0.15, -0.1) is 0 Å². The smallest absolute Gasteiger partial charge is 0.159 e. The molecule has 0 radical (unpaired) electrons. The Balaban J connectivity index is 0.962. The fourth-order valence-corrected chi connectivity index (χ4v) is 9.19. The summed E-state index contributed by atoms with van der Waals surface area (Å²) in [6, 6.07) is 82.9. The summed E-state index contributed by atoms with van der Waals surface area (Å²) < 4.78 is 8.91. The molecule has 10 aromatic carbocycles. The number of hydrogen-bond donors (Lipinski definition) is 0. The first-order valence-corrected chi connectivity index (χ1v) is 20.8. The van der Waals surface area contributed by atoms with Crippen LogP contribution in [0.3, 0.4) is 0 Å². The van der Waals surface area contributed by atoms with Crippen LogP contribution in [0, 0.1) is 0 Å². The number of fused-ring (bicyclic) bond motifs is 7. The topological polar surface area (TPSA) is 21.3 Å². The predicted octanol–water partition coefficient (Wildman–Crippen LogP) is 16.3. The van der Waals surface area contributed by atoms with Gasteiger partial charge in [-0.25, -0.2) is 0 Å². The van der Waals surface area contributed by atoms with Crippen LogP contribution < -0.4 is 4.90 Å². The molecule has 286 valence electrons. The Labute approximate surface area is 353 Å². The molecule has 0 atom stereocenters. The first-order chi connectivity index (χ1) is 30.2. The van der Waals surface area contributed by atoms with Gasteiger partial charge in [-0.3, -0.25) is 0 Å². The van der Waals surface area contributed by atoms with E-state index in [0.717, 1.165) is 55.7 Å². The van der Waals surface area contributed by atoms with Crippen LogP contribution in [-0.2, 0) is 0 Å². The summed E-state index contributed by atoms with van der Waals surface area (Å²) in [5, 5.41) is 7.05. The van der Waals surface area contributed by atoms with Crippen molar-refractivity contribution < 1.29 is 4.42 Å². The first-order valence-electron chi connectivity index (χ1n) is 20.8. The van der Waals surface area contributed by atoms with E-state index in [0.29, 0.717) is 0 Å². The number of para-hydroxylation sites is 3. The van der Waals surface area contributed by atoms with Gasteiger partial charge >= 0.3 is 0 Å². The highest BCUT2D eigenvalue weighted by Gasteiger charge is 2.19. The molecule has 12 rings (SSSR count). The van der Waals surface area contributed by atoms with E-state index in [1.54, 1.807) is 0 Å². The molecule has 0 aliphatic rings. The van der Waals surface area contributed by atoms with Crippen molar-refractivity contribution in [1.82, 2.24) is 4.57 Å². The standard InChI is InChI=1S/C58H38N2O/c1-3-12-39(13-4-1)41-24-30-47(31-25-41)59(48-32-26-42(27-33-48)40-14-5-2-6-15-40)49-34-28-43-22-23-44(36-46(43)37-49)45-29-35-55-53(38-45)50-16-7-9-19-54(50)60(55)56-20-11-18-52-51-17-8-10-21-57(51)61-58(52)56/h1-38H. The number of aromatic nitrogens is 1. The summed E-state index contributed by atoms with van der Waals surface area (Å²) in [7, 11) is 0. The average Bonchev–Trinajstić information content (AvgIpc) is 3.88. The third-order valence-corrected chi connectivity index (χ3v) is 12.2. The number of furan rings is 1. The molecule has 3 nitrogen and oxygen atoms in total. The highest BCUT2D eigenvalue weighted by atomic mass is 16.3. The lowest BCUT2D eigenvalue weighted by atomic mass is 9.99. The van der Waals surface area contributed by atoms with Gasteiger partial charge in [0.1, 0.15) is 5.58 Å². The van der Waals surface area contributed by atoms with Crippen LogP contribution in [0.5, 0.6) is 0 Å². The monoisotopic (exact) mass is 778 g/mol. The predicted molar refractivity (Wildman–Crippen MR) is 257 cm³/mol. The van der Waals surface area contributed by atoms with Crippen molar-refractivity contribution in [3.63, 3.8) is 0 Å². The molecule has 0 spiro atoms. The molecule has 2 aromatic heterocycles. The van der Waals surface area contributed by atoms with E-state index in [-0.39, 0.29) is 0 Å². The minimum atomic E-state index is 0.897. The molecule has 0 amide bonds. The second-order valence-electron chi connectivity index (χ2n) is 15.7. The summed E-state index contributed by atoms with van der Waals surface area (Å²) in [5.41, 5.74) is 15.6. The minimum Gasteiger partial charge on any atom is -0.454 e. The number of nitrogens with zero attached hydrogens (tertiary/aromatic N) is 2. The lowest BCUT2D eigenvalue weighted by molar-refractivity contribution is 0.666. The Morgan fingerprint density at radius 1 is 0.311 bits per heavy atom. The van der Waals surface area contributed by atoms with Gasteiger partial charge in [0.05, 0.1) is 16.7 Å². The molecule has 12 aromatic rings. The Bertz CT molecular complexity index is 3480. The van der Waals surface area contributed by atoms with Crippen LogP contribution in [0.1, 0.15) is 0 Å². The first kappa shape index (κ1) is 34.9. The fraction of sp³-hybridized carbons (Fsp3) is 0. The largest absolute Gasteiger partial charge is 0.454 e. The van der Waals surface area contributed by atoms with E-state index in [9.17, 15) is 0 Å². The summed E-state index contributed by atoms with van der Waals surface area (Å²) in [5.74, 6) is 0. The van der Waals surface area contributed by atoms with Crippen molar-refractivity contribution in [2.45, 2.75) is 0 Å². The fourth-order valence-electron chi connectivity index (χ4n) is 9.19. The second-order valence-corrected chi connectivity index (χ2v) is 15.7. The van der Waals surface area contributed by atoms with Crippen molar-refractivity contribution in [3.05, 3.63) is 231 Å². The van der Waals surface area contributed by atoms with Crippen molar-refractivity contribution >= 4 is 71.6 Å². The molecule has 0 aliphatic carbocycles. The summed E-state index contributed by atoms with van der Waals surface area (Å²) >= 11 is 0. The van der Waals surface area contributed by atoms with Gasteiger partial charge in [0.25, 0.3) is 0 Å². The third kappa shape index (κ3) is 5.98. The molecule has 0 fully saturated rings.